The molecule has 2 saturated heterocycles. The Morgan fingerprint density at radius 3 is 2.86 bits per heavy atom. The summed E-state index contributed by atoms with van der Waals surface area (Å²) in [5.41, 5.74) is -0.113. The van der Waals surface area contributed by atoms with Crippen LogP contribution in [0.25, 0.3) is 0 Å². The van der Waals surface area contributed by atoms with E-state index in [1.807, 2.05) is 0 Å². The van der Waals surface area contributed by atoms with E-state index in [1.165, 1.54) is 0 Å². The maximum atomic E-state index is 12.1. The smallest absolute Gasteiger partial charge is 0.317 e. The Labute approximate surface area is 130 Å². The van der Waals surface area contributed by atoms with Gasteiger partial charge >= 0.3 is 6.03 Å². The number of ether oxygens (including phenoxy) is 1. The van der Waals surface area contributed by atoms with Crippen molar-refractivity contribution in [1.82, 2.24) is 21.3 Å². The summed E-state index contributed by atoms with van der Waals surface area (Å²) in [5, 5.41) is 12.4. The number of alkyl halides is 1. The Hall–Kier alpha value is -0.560. The molecule has 0 aromatic heterocycles. The summed E-state index contributed by atoms with van der Waals surface area (Å²) in [4.78, 5) is 12.1. The van der Waals surface area contributed by atoms with E-state index < -0.39 is 0 Å². The van der Waals surface area contributed by atoms with E-state index in [0.717, 1.165) is 38.7 Å². The van der Waals surface area contributed by atoms with Crippen molar-refractivity contribution in [1.29, 1.82) is 0 Å². The molecule has 21 heavy (non-hydrogen) atoms. The summed E-state index contributed by atoms with van der Waals surface area (Å²) < 4.78 is 5.69. The van der Waals surface area contributed by atoms with Gasteiger partial charge in [0.15, 0.2) is 0 Å². The van der Waals surface area contributed by atoms with E-state index in [1.54, 1.807) is 0 Å². The van der Waals surface area contributed by atoms with Crippen molar-refractivity contribution in [3.8, 4) is 0 Å². The molecular formula is C14H25ClN4O2. The van der Waals surface area contributed by atoms with E-state index in [4.69, 9.17) is 16.3 Å². The molecule has 0 radical (unpaired) electrons. The summed E-state index contributed by atoms with van der Waals surface area (Å²) in [6.07, 6.45) is 5.19. The molecular weight excluding hydrogens is 292 g/mol. The van der Waals surface area contributed by atoms with Crippen LogP contribution in [0, 0.1) is 5.92 Å². The van der Waals surface area contributed by atoms with Gasteiger partial charge in [-0.1, -0.05) is 0 Å². The third-order valence-electron chi connectivity index (χ3n) is 4.70. The van der Waals surface area contributed by atoms with Gasteiger partial charge in [0.1, 0.15) is 6.29 Å². The van der Waals surface area contributed by atoms with Crippen LogP contribution in [0.3, 0.4) is 0 Å². The van der Waals surface area contributed by atoms with Crippen LogP contribution in [-0.4, -0.2) is 42.6 Å². The summed E-state index contributed by atoms with van der Waals surface area (Å²) in [7, 11) is 0. The number of amides is 2. The first-order valence-corrected chi connectivity index (χ1v) is 8.38. The molecule has 0 aromatic carbocycles. The second-order valence-corrected chi connectivity index (χ2v) is 6.98. The van der Waals surface area contributed by atoms with Crippen molar-refractivity contribution < 1.29 is 9.53 Å². The largest absolute Gasteiger partial charge is 0.378 e. The number of carbonyl (C=O) groups excluding carboxylic acids is 1. The SMILES string of the molecule is CC1CC(Cl)NC(NC(=O)NC2CCC3OCCC3C2)N1. The van der Waals surface area contributed by atoms with Gasteiger partial charge in [0.2, 0.25) is 0 Å². The van der Waals surface area contributed by atoms with Crippen LogP contribution < -0.4 is 21.3 Å². The van der Waals surface area contributed by atoms with E-state index in [9.17, 15) is 4.79 Å². The number of fused-ring (bicyclic) bond motifs is 1. The van der Waals surface area contributed by atoms with Crippen LogP contribution >= 0.6 is 11.6 Å². The monoisotopic (exact) mass is 316 g/mol. The molecule has 1 saturated carbocycles. The van der Waals surface area contributed by atoms with Crippen LogP contribution in [0.1, 0.15) is 39.0 Å². The first-order valence-electron chi connectivity index (χ1n) is 7.95. The Morgan fingerprint density at radius 1 is 1.19 bits per heavy atom. The minimum atomic E-state index is -0.276. The minimum absolute atomic E-state index is 0.113. The standard InChI is InChI=1S/C14H25ClN4O2/c1-8-6-12(15)18-13(16-8)19-14(20)17-10-2-3-11-9(7-10)4-5-21-11/h8-13,16,18H,2-7H2,1H3,(H2,17,19,20). The lowest BCUT2D eigenvalue weighted by atomic mass is 9.83. The molecule has 6 atom stereocenters. The summed E-state index contributed by atoms with van der Waals surface area (Å²) >= 11 is 6.11. The van der Waals surface area contributed by atoms with Gasteiger partial charge < -0.3 is 15.4 Å². The molecule has 0 aromatic rings. The Kier molecular flexibility index (Phi) is 4.88. The quantitative estimate of drug-likeness (QED) is 0.454. The summed E-state index contributed by atoms with van der Waals surface area (Å²) in [5.74, 6) is 0.613. The normalized spacial score (nSPS) is 43.1. The second-order valence-electron chi connectivity index (χ2n) is 6.46. The zero-order valence-electron chi connectivity index (χ0n) is 12.4. The average Bonchev–Trinajstić information content (AvgIpc) is 2.84. The second kappa shape index (κ2) is 6.69. The predicted octanol–water partition coefficient (Wildman–Crippen LogP) is 1.06. The highest BCUT2D eigenvalue weighted by Gasteiger charge is 2.35. The molecule has 3 aliphatic rings. The zero-order chi connectivity index (χ0) is 14.8. The predicted molar refractivity (Wildman–Crippen MR) is 80.9 cm³/mol. The van der Waals surface area contributed by atoms with Gasteiger partial charge in [0.05, 0.1) is 11.6 Å². The number of nitrogens with one attached hydrogen (secondary N) is 4. The number of urea groups is 1. The Morgan fingerprint density at radius 2 is 2.05 bits per heavy atom. The van der Waals surface area contributed by atoms with Gasteiger partial charge in [-0.3, -0.25) is 10.6 Å². The highest BCUT2D eigenvalue weighted by molar-refractivity contribution is 6.20. The fourth-order valence-electron chi connectivity index (χ4n) is 3.66. The number of hydrogen-bond donors (Lipinski definition) is 4. The van der Waals surface area contributed by atoms with Crippen molar-refractivity contribution >= 4 is 17.6 Å². The van der Waals surface area contributed by atoms with E-state index in [2.05, 4.69) is 28.2 Å². The maximum Gasteiger partial charge on any atom is 0.317 e. The molecule has 6 nitrogen and oxygen atoms in total. The molecule has 3 rings (SSSR count). The third kappa shape index (κ3) is 4.00. The lowest BCUT2D eigenvalue weighted by molar-refractivity contribution is 0.0585. The van der Waals surface area contributed by atoms with Crippen LogP contribution in [0.15, 0.2) is 0 Å². The fraction of sp³-hybridized carbons (Fsp3) is 0.929. The molecule has 1 aliphatic carbocycles. The molecule has 120 valence electrons. The molecule has 7 heteroatoms. The van der Waals surface area contributed by atoms with Gasteiger partial charge in [0.25, 0.3) is 0 Å². The molecule has 0 spiro atoms. The van der Waals surface area contributed by atoms with Crippen LogP contribution in [0.5, 0.6) is 0 Å². The van der Waals surface area contributed by atoms with E-state index in [-0.39, 0.29) is 29.9 Å². The number of rotatable bonds is 2. The molecule has 2 aliphatic heterocycles. The summed E-state index contributed by atoms with van der Waals surface area (Å²) in [6, 6.07) is 0.395. The van der Waals surface area contributed by atoms with Gasteiger partial charge in [0, 0.05) is 18.7 Å². The minimum Gasteiger partial charge on any atom is -0.378 e. The average molecular weight is 317 g/mol. The molecule has 4 N–H and O–H groups in total. The van der Waals surface area contributed by atoms with Crippen molar-refractivity contribution in [2.24, 2.45) is 5.92 Å². The lowest BCUT2D eigenvalue weighted by Crippen LogP contribution is -2.65. The first kappa shape index (κ1) is 15.3. The van der Waals surface area contributed by atoms with Crippen molar-refractivity contribution in [3.63, 3.8) is 0 Å². The zero-order valence-corrected chi connectivity index (χ0v) is 13.2. The molecule has 6 unspecified atom stereocenters. The van der Waals surface area contributed by atoms with Gasteiger partial charge in [-0.05, 0) is 44.9 Å². The Balaban J connectivity index is 1.43. The number of carbonyl (C=O) groups is 1. The third-order valence-corrected chi connectivity index (χ3v) is 5.01. The first-order chi connectivity index (χ1) is 10.1. The highest BCUT2D eigenvalue weighted by atomic mass is 35.5. The van der Waals surface area contributed by atoms with E-state index in [0.29, 0.717) is 12.0 Å². The molecule has 2 amide bonds. The molecule has 3 fully saturated rings. The van der Waals surface area contributed by atoms with Crippen molar-refractivity contribution in [2.75, 3.05) is 6.61 Å². The molecule has 0 bridgehead atoms. The van der Waals surface area contributed by atoms with Crippen LogP contribution in [-0.2, 0) is 4.74 Å². The number of hydrogen-bond acceptors (Lipinski definition) is 4. The highest BCUT2D eigenvalue weighted by Crippen LogP contribution is 2.34. The van der Waals surface area contributed by atoms with Crippen LogP contribution in [0.4, 0.5) is 4.79 Å². The van der Waals surface area contributed by atoms with E-state index >= 15 is 0 Å². The van der Waals surface area contributed by atoms with Gasteiger partial charge in [-0.2, -0.15) is 0 Å². The molecule has 2 heterocycles. The maximum absolute atomic E-state index is 12.1. The fourth-order valence-corrected chi connectivity index (χ4v) is 4.06. The topological polar surface area (TPSA) is 74.4 Å². The van der Waals surface area contributed by atoms with Crippen molar-refractivity contribution in [3.05, 3.63) is 0 Å². The summed E-state index contributed by atoms with van der Waals surface area (Å²) in [6.45, 7) is 2.93. The van der Waals surface area contributed by atoms with Gasteiger partial charge in [-0.25, -0.2) is 4.79 Å². The lowest BCUT2D eigenvalue weighted by Gasteiger charge is -2.35. The van der Waals surface area contributed by atoms with Gasteiger partial charge in [-0.15, -0.1) is 11.6 Å². The van der Waals surface area contributed by atoms with Crippen molar-refractivity contribution in [2.45, 2.75) is 69.0 Å². The number of halogens is 1. The Bertz CT molecular complexity index is 374. The van der Waals surface area contributed by atoms with Crippen LogP contribution in [0.2, 0.25) is 0 Å².